The minimum atomic E-state index is 0.191. The van der Waals surface area contributed by atoms with E-state index in [0.717, 1.165) is 18.8 Å². The van der Waals surface area contributed by atoms with Crippen molar-refractivity contribution in [2.24, 2.45) is 11.8 Å². The number of nitrogens with one attached hydrogen (secondary N) is 1. The van der Waals surface area contributed by atoms with Gasteiger partial charge in [-0.2, -0.15) is 15.0 Å². The van der Waals surface area contributed by atoms with Gasteiger partial charge in [0.15, 0.2) is 0 Å². The highest BCUT2D eigenvalue weighted by Crippen LogP contribution is 2.29. The largest absolute Gasteiger partial charge is 0.460 e. The summed E-state index contributed by atoms with van der Waals surface area (Å²) in [5, 5.41) is 0. The normalized spacial score (nSPS) is 22.4. The third kappa shape index (κ3) is 3.69. The van der Waals surface area contributed by atoms with E-state index in [4.69, 9.17) is 10.6 Å². The molecule has 1 aromatic heterocycles. The van der Waals surface area contributed by atoms with Gasteiger partial charge in [0.1, 0.15) is 6.10 Å². The van der Waals surface area contributed by atoms with E-state index in [0.29, 0.717) is 17.9 Å². The van der Waals surface area contributed by atoms with E-state index < -0.39 is 0 Å². The standard InChI is InChI=1S/C13H24N6O/c1-4-9-6-5-7-10(8-9)20-13-16-11(18-14)15-12(17-13)19(2)3/h9-10H,4-8,14H2,1-3H3,(H,15,16,17,18). The molecule has 0 radical (unpaired) electrons. The van der Waals surface area contributed by atoms with Crippen LogP contribution in [0.15, 0.2) is 0 Å². The summed E-state index contributed by atoms with van der Waals surface area (Å²) in [6.45, 7) is 2.23. The average Bonchev–Trinajstić information content (AvgIpc) is 2.47. The fraction of sp³-hybridized carbons (Fsp3) is 0.769. The van der Waals surface area contributed by atoms with E-state index in [1.54, 1.807) is 4.90 Å². The highest BCUT2D eigenvalue weighted by atomic mass is 16.5. The molecule has 0 bridgehead atoms. The maximum absolute atomic E-state index is 5.94. The zero-order valence-corrected chi connectivity index (χ0v) is 12.5. The monoisotopic (exact) mass is 280 g/mol. The van der Waals surface area contributed by atoms with Crippen molar-refractivity contribution >= 4 is 11.9 Å². The zero-order chi connectivity index (χ0) is 14.5. The predicted octanol–water partition coefficient (Wildman–Crippen LogP) is 1.57. The Kier molecular flexibility index (Phi) is 4.94. The Morgan fingerprint density at radius 1 is 1.30 bits per heavy atom. The summed E-state index contributed by atoms with van der Waals surface area (Å²) >= 11 is 0. The van der Waals surface area contributed by atoms with Crippen molar-refractivity contribution in [1.82, 2.24) is 15.0 Å². The van der Waals surface area contributed by atoms with Crippen LogP contribution >= 0.6 is 0 Å². The van der Waals surface area contributed by atoms with Gasteiger partial charge in [-0.05, 0) is 25.2 Å². The molecule has 7 heteroatoms. The van der Waals surface area contributed by atoms with Gasteiger partial charge in [0.05, 0.1) is 0 Å². The third-order valence-corrected chi connectivity index (χ3v) is 3.72. The number of hydrogen-bond donors (Lipinski definition) is 2. The van der Waals surface area contributed by atoms with Gasteiger partial charge in [-0.1, -0.05) is 19.8 Å². The minimum absolute atomic E-state index is 0.191. The summed E-state index contributed by atoms with van der Waals surface area (Å²) in [5.41, 5.74) is 2.45. The Hall–Kier alpha value is -1.63. The van der Waals surface area contributed by atoms with E-state index >= 15 is 0 Å². The van der Waals surface area contributed by atoms with Crippen molar-refractivity contribution in [2.75, 3.05) is 24.4 Å². The number of nitrogens with zero attached hydrogens (tertiary/aromatic N) is 4. The number of anilines is 2. The molecular weight excluding hydrogens is 256 g/mol. The van der Waals surface area contributed by atoms with Gasteiger partial charge in [0.25, 0.3) is 0 Å². The average molecular weight is 280 g/mol. The smallest absolute Gasteiger partial charge is 0.323 e. The Labute approximate surface area is 119 Å². The number of aromatic nitrogens is 3. The Balaban J connectivity index is 2.09. The van der Waals surface area contributed by atoms with E-state index in [2.05, 4.69) is 27.3 Å². The summed E-state index contributed by atoms with van der Waals surface area (Å²) in [6.07, 6.45) is 6.03. The van der Waals surface area contributed by atoms with Crippen LogP contribution in [0.4, 0.5) is 11.9 Å². The SMILES string of the molecule is CCC1CCCC(Oc2nc(NN)nc(N(C)C)n2)C1. The molecule has 2 atom stereocenters. The van der Waals surface area contributed by atoms with Gasteiger partial charge >= 0.3 is 6.01 Å². The number of nitrogen functional groups attached to an aromatic ring is 1. The summed E-state index contributed by atoms with van der Waals surface area (Å²) in [7, 11) is 3.74. The van der Waals surface area contributed by atoms with Gasteiger partial charge in [0.2, 0.25) is 11.9 Å². The molecule has 2 unspecified atom stereocenters. The van der Waals surface area contributed by atoms with Crippen molar-refractivity contribution in [2.45, 2.75) is 45.1 Å². The molecule has 1 fully saturated rings. The van der Waals surface area contributed by atoms with Gasteiger partial charge in [-0.15, -0.1) is 0 Å². The molecule has 112 valence electrons. The maximum atomic E-state index is 5.94. The third-order valence-electron chi connectivity index (χ3n) is 3.72. The lowest BCUT2D eigenvalue weighted by atomic mass is 9.86. The predicted molar refractivity (Wildman–Crippen MR) is 78.6 cm³/mol. The summed E-state index contributed by atoms with van der Waals surface area (Å²) in [6, 6.07) is 0.346. The van der Waals surface area contributed by atoms with Crippen LogP contribution in [0.5, 0.6) is 6.01 Å². The molecule has 3 N–H and O–H groups in total. The number of hydrazine groups is 1. The van der Waals surface area contributed by atoms with Crippen molar-refractivity contribution in [3.8, 4) is 6.01 Å². The number of hydrogen-bond acceptors (Lipinski definition) is 7. The summed E-state index contributed by atoms with van der Waals surface area (Å²) in [5.74, 6) is 6.99. The Morgan fingerprint density at radius 2 is 2.10 bits per heavy atom. The van der Waals surface area contributed by atoms with E-state index in [1.807, 2.05) is 14.1 Å². The van der Waals surface area contributed by atoms with Gasteiger partial charge in [-0.25, -0.2) is 5.84 Å². The van der Waals surface area contributed by atoms with Crippen LogP contribution < -0.4 is 20.9 Å². The molecule has 1 saturated carbocycles. The highest BCUT2D eigenvalue weighted by molar-refractivity contribution is 5.36. The molecular formula is C13H24N6O. The first-order valence-corrected chi connectivity index (χ1v) is 7.19. The molecule has 0 amide bonds. The van der Waals surface area contributed by atoms with E-state index in [9.17, 15) is 0 Å². The lowest BCUT2D eigenvalue weighted by molar-refractivity contribution is 0.111. The maximum Gasteiger partial charge on any atom is 0.323 e. The van der Waals surface area contributed by atoms with E-state index in [1.165, 1.54) is 19.3 Å². The van der Waals surface area contributed by atoms with Crippen molar-refractivity contribution in [3.63, 3.8) is 0 Å². The first-order valence-electron chi connectivity index (χ1n) is 7.19. The molecule has 2 rings (SSSR count). The van der Waals surface area contributed by atoms with Crippen LogP contribution in [0.3, 0.4) is 0 Å². The van der Waals surface area contributed by atoms with Crippen molar-refractivity contribution in [1.29, 1.82) is 0 Å². The van der Waals surface area contributed by atoms with Crippen LogP contribution in [0, 0.1) is 5.92 Å². The summed E-state index contributed by atoms with van der Waals surface area (Å²) < 4.78 is 5.94. The zero-order valence-electron chi connectivity index (χ0n) is 12.5. The van der Waals surface area contributed by atoms with Crippen molar-refractivity contribution < 1.29 is 4.74 Å². The summed E-state index contributed by atoms with van der Waals surface area (Å²) in [4.78, 5) is 14.4. The van der Waals surface area contributed by atoms with Crippen LogP contribution in [0.25, 0.3) is 0 Å². The lowest BCUT2D eigenvalue weighted by Crippen LogP contribution is -2.27. The van der Waals surface area contributed by atoms with Crippen LogP contribution in [0.2, 0.25) is 0 Å². The molecule has 1 aromatic rings. The number of nitrogens with two attached hydrogens (primary N) is 1. The first kappa shape index (κ1) is 14.8. The Bertz CT molecular complexity index is 439. The molecule has 0 aliphatic heterocycles. The van der Waals surface area contributed by atoms with Crippen molar-refractivity contribution in [3.05, 3.63) is 0 Å². The fourth-order valence-corrected chi connectivity index (χ4v) is 2.53. The second-order valence-electron chi connectivity index (χ2n) is 5.46. The Morgan fingerprint density at radius 3 is 2.75 bits per heavy atom. The van der Waals surface area contributed by atoms with E-state index in [-0.39, 0.29) is 6.10 Å². The second-order valence-corrected chi connectivity index (χ2v) is 5.46. The second kappa shape index (κ2) is 6.69. The first-order chi connectivity index (χ1) is 9.62. The molecule has 1 aliphatic carbocycles. The van der Waals surface area contributed by atoms with Gasteiger partial charge in [-0.3, -0.25) is 5.43 Å². The van der Waals surface area contributed by atoms with Crippen LogP contribution in [0.1, 0.15) is 39.0 Å². The molecule has 1 aliphatic rings. The van der Waals surface area contributed by atoms with Crippen LogP contribution in [-0.2, 0) is 0 Å². The number of ether oxygens (including phenoxy) is 1. The fourth-order valence-electron chi connectivity index (χ4n) is 2.53. The lowest BCUT2D eigenvalue weighted by Gasteiger charge is -2.28. The quantitative estimate of drug-likeness (QED) is 0.625. The van der Waals surface area contributed by atoms with Gasteiger partial charge < -0.3 is 9.64 Å². The topological polar surface area (TPSA) is 89.2 Å². The molecule has 0 spiro atoms. The van der Waals surface area contributed by atoms with Crippen LogP contribution in [-0.4, -0.2) is 35.2 Å². The highest BCUT2D eigenvalue weighted by Gasteiger charge is 2.23. The molecule has 1 heterocycles. The molecule has 0 saturated heterocycles. The molecule has 0 aromatic carbocycles. The van der Waals surface area contributed by atoms with Gasteiger partial charge in [0, 0.05) is 14.1 Å². The molecule has 7 nitrogen and oxygen atoms in total. The minimum Gasteiger partial charge on any atom is -0.460 e. The molecule has 20 heavy (non-hydrogen) atoms. The number of rotatable bonds is 5.